The van der Waals surface area contributed by atoms with Crippen molar-refractivity contribution in [3.05, 3.63) is 35.4 Å². The molecule has 2 amide bonds. The lowest BCUT2D eigenvalue weighted by Crippen LogP contribution is -2.81. The first kappa shape index (κ1) is 9.36. The molecule has 3 aliphatic heterocycles. The molecule has 2 saturated heterocycles. The third kappa shape index (κ3) is 0.894. The SMILES string of the molecule is CN1C(=O)[C@@H]2[C@H](C1=O)[C@@H]1[NH2+][C@H]2c2ccccc21. The van der Waals surface area contributed by atoms with Crippen LogP contribution in [0.25, 0.3) is 0 Å². The Kier molecular flexibility index (Phi) is 1.52. The van der Waals surface area contributed by atoms with E-state index in [1.165, 1.54) is 16.0 Å². The zero-order valence-corrected chi connectivity index (χ0v) is 9.46. The van der Waals surface area contributed by atoms with E-state index in [0.29, 0.717) is 0 Å². The molecule has 0 unspecified atom stereocenters. The lowest BCUT2D eigenvalue weighted by Gasteiger charge is -2.16. The Hall–Kier alpha value is -1.68. The van der Waals surface area contributed by atoms with E-state index in [4.69, 9.17) is 0 Å². The van der Waals surface area contributed by atoms with E-state index in [2.05, 4.69) is 17.4 Å². The number of fused-ring (bicyclic) bond motifs is 8. The molecule has 4 nitrogen and oxygen atoms in total. The molecule has 3 heterocycles. The molecule has 4 heteroatoms. The molecular formula is C13H13N2O2+. The number of likely N-dealkylation sites (tertiary alicyclic amines) is 1. The summed E-state index contributed by atoms with van der Waals surface area (Å²) in [5, 5.41) is 2.20. The van der Waals surface area contributed by atoms with Crippen molar-refractivity contribution in [3.63, 3.8) is 0 Å². The average Bonchev–Trinajstić information content (AvgIpc) is 2.97. The predicted octanol–water partition coefficient (Wildman–Crippen LogP) is -0.410. The molecule has 3 aliphatic rings. The number of hydrogen-bond donors (Lipinski definition) is 1. The third-order valence-corrected chi connectivity index (χ3v) is 4.52. The van der Waals surface area contributed by atoms with Crippen LogP contribution in [0.1, 0.15) is 23.2 Å². The summed E-state index contributed by atoms with van der Waals surface area (Å²) in [6, 6.07) is 8.50. The van der Waals surface area contributed by atoms with Crippen LogP contribution in [0, 0.1) is 11.8 Å². The Morgan fingerprint density at radius 2 is 1.47 bits per heavy atom. The number of nitrogens with two attached hydrogens (primary N) is 1. The number of quaternary nitrogens is 1. The van der Waals surface area contributed by atoms with Crippen molar-refractivity contribution in [1.29, 1.82) is 0 Å². The van der Waals surface area contributed by atoms with Crippen LogP contribution in [-0.2, 0) is 9.59 Å². The fraction of sp³-hybridized carbons (Fsp3) is 0.385. The molecule has 0 aliphatic carbocycles. The largest absolute Gasteiger partial charge is 0.332 e. The predicted molar refractivity (Wildman–Crippen MR) is 58.6 cm³/mol. The first-order chi connectivity index (χ1) is 8.20. The van der Waals surface area contributed by atoms with Gasteiger partial charge in [-0.05, 0) is 0 Å². The van der Waals surface area contributed by atoms with E-state index in [-0.39, 0.29) is 35.7 Å². The molecule has 0 spiro atoms. The highest BCUT2D eigenvalue weighted by Crippen LogP contribution is 2.50. The van der Waals surface area contributed by atoms with Gasteiger partial charge in [0.25, 0.3) is 0 Å². The van der Waals surface area contributed by atoms with Gasteiger partial charge in [0.2, 0.25) is 11.8 Å². The molecule has 2 bridgehead atoms. The minimum atomic E-state index is -0.132. The van der Waals surface area contributed by atoms with Crippen LogP contribution < -0.4 is 5.32 Å². The zero-order valence-electron chi connectivity index (χ0n) is 9.46. The summed E-state index contributed by atoms with van der Waals surface area (Å²) in [5.74, 6) is -0.267. The van der Waals surface area contributed by atoms with Crippen LogP contribution in [0.4, 0.5) is 0 Å². The second kappa shape index (κ2) is 2.76. The van der Waals surface area contributed by atoms with E-state index in [9.17, 15) is 9.59 Å². The van der Waals surface area contributed by atoms with E-state index in [1.54, 1.807) is 7.05 Å². The summed E-state index contributed by atoms with van der Waals surface area (Å²) in [6.07, 6.45) is 0. The number of benzene rings is 1. The van der Waals surface area contributed by atoms with E-state index in [0.717, 1.165) is 0 Å². The van der Waals surface area contributed by atoms with Gasteiger partial charge in [-0.2, -0.15) is 0 Å². The molecule has 4 atom stereocenters. The number of imide groups is 1. The lowest BCUT2D eigenvalue weighted by atomic mass is 9.77. The maximum Gasteiger partial charge on any atom is 0.239 e. The highest BCUT2D eigenvalue weighted by Gasteiger charge is 2.65. The van der Waals surface area contributed by atoms with E-state index >= 15 is 0 Å². The van der Waals surface area contributed by atoms with Crippen LogP contribution in [0.2, 0.25) is 0 Å². The van der Waals surface area contributed by atoms with Crippen molar-refractivity contribution in [2.45, 2.75) is 12.1 Å². The summed E-state index contributed by atoms with van der Waals surface area (Å²) >= 11 is 0. The Labute approximate surface area is 98.6 Å². The van der Waals surface area contributed by atoms with Gasteiger partial charge in [0.05, 0.1) is 0 Å². The van der Waals surface area contributed by atoms with Crippen molar-refractivity contribution in [1.82, 2.24) is 4.90 Å². The molecule has 0 aromatic heterocycles. The molecular weight excluding hydrogens is 216 g/mol. The molecule has 2 fully saturated rings. The van der Waals surface area contributed by atoms with Gasteiger partial charge in [-0.1, -0.05) is 24.3 Å². The lowest BCUT2D eigenvalue weighted by molar-refractivity contribution is -0.707. The average molecular weight is 229 g/mol. The molecule has 17 heavy (non-hydrogen) atoms. The fourth-order valence-corrected chi connectivity index (χ4v) is 3.79. The number of carbonyl (C=O) groups is 2. The Morgan fingerprint density at radius 3 is 1.94 bits per heavy atom. The van der Waals surface area contributed by atoms with E-state index in [1.807, 2.05) is 12.1 Å². The fourth-order valence-electron chi connectivity index (χ4n) is 3.79. The summed E-state index contributed by atoms with van der Waals surface area (Å²) in [6.45, 7) is 0. The molecule has 2 N–H and O–H groups in total. The second-order valence-corrected chi connectivity index (χ2v) is 5.16. The maximum atomic E-state index is 12.1. The number of rotatable bonds is 0. The monoisotopic (exact) mass is 229 g/mol. The summed E-state index contributed by atoms with van der Waals surface area (Å²) in [7, 11) is 1.60. The molecule has 0 radical (unpaired) electrons. The number of nitrogens with zero attached hydrogens (tertiary/aromatic N) is 1. The van der Waals surface area contributed by atoms with E-state index < -0.39 is 0 Å². The van der Waals surface area contributed by atoms with Gasteiger partial charge in [0, 0.05) is 18.2 Å². The van der Waals surface area contributed by atoms with Gasteiger partial charge in [-0.25, -0.2) is 0 Å². The van der Waals surface area contributed by atoms with Crippen molar-refractivity contribution >= 4 is 11.8 Å². The van der Waals surface area contributed by atoms with Crippen LogP contribution >= 0.6 is 0 Å². The number of hydrogen-bond acceptors (Lipinski definition) is 2. The van der Waals surface area contributed by atoms with Crippen LogP contribution in [0.5, 0.6) is 0 Å². The van der Waals surface area contributed by atoms with Gasteiger partial charge in [0.15, 0.2) is 0 Å². The normalized spacial score (nSPS) is 37.6. The van der Waals surface area contributed by atoms with Gasteiger partial charge >= 0.3 is 0 Å². The Balaban J connectivity index is 1.90. The van der Waals surface area contributed by atoms with Gasteiger partial charge in [-0.3, -0.25) is 14.5 Å². The van der Waals surface area contributed by atoms with Crippen molar-refractivity contribution < 1.29 is 14.9 Å². The maximum absolute atomic E-state index is 12.1. The van der Waals surface area contributed by atoms with Crippen molar-refractivity contribution in [3.8, 4) is 0 Å². The number of amides is 2. The summed E-state index contributed by atoms with van der Waals surface area (Å²) in [4.78, 5) is 25.5. The van der Waals surface area contributed by atoms with Crippen molar-refractivity contribution in [2.24, 2.45) is 11.8 Å². The molecule has 1 aromatic rings. The minimum Gasteiger partial charge on any atom is -0.332 e. The molecule has 86 valence electrons. The topological polar surface area (TPSA) is 54.0 Å². The third-order valence-electron chi connectivity index (χ3n) is 4.52. The molecule has 1 aromatic carbocycles. The standard InChI is InChI=1S/C13H12N2O2/c1-15-12(16)8-9(13(15)17)11-7-5-3-2-4-6(7)10(8)14-11/h2-5,8-11,14H,1H3/p+1/t8-,9+,10+,11-. The molecule has 4 rings (SSSR count). The highest BCUT2D eigenvalue weighted by molar-refractivity contribution is 6.06. The number of carbonyl (C=O) groups excluding carboxylic acids is 2. The van der Waals surface area contributed by atoms with Gasteiger partial charge < -0.3 is 5.32 Å². The quantitative estimate of drug-likeness (QED) is 0.615. The smallest absolute Gasteiger partial charge is 0.239 e. The zero-order chi connectivity index (χ0) is 11.7. The highest BCUT2D eigenvalue weighted by atomic mass is 16.2. The van der Waals surface area contributed by atoms with Crippen LogP contribution in [-0.4, -0.2) is 23.8 Å². The van der Waals surface area contributed by atoms with Gasteiger partial charge in [-0.15, -0.1) is 0 Å². The second-order valence-electron chi connectivity index (χ2n) is 5.16. The van der Waals surface area contributed by atoms with Crippen molar-refractivity contribution in [2.75, 3.05) is 7.05 Å². The molecule has 0 saturated carbocycles. The van der Waals surface area contributed by atoms with Crippen LogP contribution in [0.15, 0.2) is 24.3 Å². The Bertz CT molecular complexity index is 507. The Morgan fingerprint density at radius 1 is 1.00 bits per heavy atom. The summed E-state index contributed by atoms with van der Waals surface area (Å²) < 4.78 is 0. The first-order valence-electron chi connectivity index (χ1n) is 5.95. The minimum absolute atomic E-state index is 0.00162. The van der Waals surface area contributed by atoms with Gasteiger partial charge in [0.1, 0.15) is 23.9 Å². The summed E-state index contributed by atoms with van der Waals surface area (Å²) in [5.41, 5.74) is 2.49. The first-order valence-corrected chi connectivity index (χ1v) is 5.95. The van der Waals surface area contributed by atoms with Crippen LogP contribution in [0.3, 0.4) is 0 Å².